The second-order valence-corrected chi connectivity index (χ2v) is 4.96. The monoisotopic (exact) mass is 263 g/mol. The molecule has 5 heteroatoms. The number of hydrogen-bond acceptors (Lipinski definition) is 3. The predicted octanol–water partition coefficient (Wildman–Crippen LogP) is 3.58. The highest BCUT2D eigenvalue weighted by molar-refractivity contribution is 7.32. The molecule has 0 amide bonds. The number of hydrogen-bond donors (Lipinski definition) is 2. The summed E-state index contributed by atoms with van der Waals surface area (Å²) in [5.74, 6) is 0. The Morgan fingerprint density at radius 1 is 1.29 bits per heavy atom. The van der Waals surface area contributed by atoms with Crippen molar-refractivity contribution in [2.24, 2.45) is 0 Å². The van der Waals surface area contributed by atoms with Gasteiger partial charge in [-0.1, -0.05) is 46.0 Å². The van der Waals surface area contributed by atoms with Gasteiger partial charge in [0.1, 0.15) is 6.26 Å². The Balaban J connectivity index is 0.000000557. The van der Waals surface area contributed by atoms with E-state index in [-0.39, 0.29) is 0 Å². The van der Waals surface area contributed by atoms with Gasteiger partial charge in [-0.25, -0.2) is 4.57 Å². The second kappa shape index (κ2) is 12.0. The molecule has 1 unspecified atom stereocenters. The predicted molar refractivity (Wildman–Crippen MR) is 72.0 cm³/mol. The SMILES string of the molecule is CCCC.O=[PH](O)O/C=C/NC1CCCCC1. The highest BCUT2D eigenvalue weighted by atomic mass is 31.1. The zero-order valence-corrected chi connectivity index (χ0v) is 11.9. The maximum atomic E-state index is 10.1. The molecule has 0 aliphatic heterocycles. The van der Waals surface area contributed by atoms with Gasteiger partial charge in [-0.05, 0) is 12.8 Å². The summed E-state index contributed by atoms with van der Waals surface area (Å²) in [6.45, 7) is 4.36. The van der Waals surface area contributed by atoms with Crippen LogP contribution in [0.5, 0.6) is 0 Å². The van der Waals surface area contributed by atoms with Crippen LogP contribution in [0.1, 0.15) is 58.8 Å². The lowest BCUT2D eigenvalue weighted by atomic mass is 9.96. The molecule has 0 saturated heterocycles. The van der Waals surface area contributed by atoms with Crippen molar-refractivity contribution in [3.63, 3.8) is 0 Å². The first kappa shape index (κ1) is 16.5. The van der Waals surface area contributed by atoms with Gasteiger partial charge in [-0.3, -0.25) is 0 Å². The van der Waals surface area contributed by atoms with Crippen LogP contribution < -0.4 is 5.32 Å². The third kappa shape index (κ3) is 11.8. The third-order valence-electron chi connectivity index (χ3n) is 2.67. The molecule has 0 aromatic carbocycles. The van der Waals surface area contributed by atoms with Gasteiger partial charge in [-0.2, -0.15) is 0 Å². The molecule has 1 rings (SSSR count). The molecule has 1 saturated carbocycles. The Morgan fingerprint density at radius 2 is 1.88 bits per heavy atom. The minimum atomic E-state index is -2.81. The molecule has 102 valence electrons. The molecule has 4 nitrogen and oxygen atoms in total. The van der Waals surface area contributed by atoms with Crippen molar-refractivity contribution in [3.05, 3.63) is 12.5 Å². The molecule has 0 spiro atoms. The van der Waals surface area contributed by atoms with E-state index in [1.54, 1.807) is 6.20 Å². The van der Waals surface area contributed by atoms with Crippen LogP contribution in [-0.2, 0) is 9.09 Å². The van der Waals surface area contributed by atoms with Crippen LogP contribution in [0.2, 0.25) is 0 Å². The first-order valence-electron chi connectivity index (χ1n) is 6.51. The summed E-state index contributed by atoms with van der Waals surface area (Å²) in [7, 11) is -2.81. The largest absolute Gasteiger partial charge is 0.433 e. The molecule has 0 aromatic rings. The molecule has 1 aliphatic carbocycles. The van der Waals surface area contributed by atoms with E-state index in [9.17, 15) is 4.57 Å². The van der Waals surface area contributed by atoms with Gasteiger partial charge in [0.25, 0.3) is 0 Å². The quantitative estimate of drug-likeness (QED) is 0.588. The normalized spacial score (nSPS) is 18.3. The fourth-order valence-electron chi connectivity index (χ4n) is 1.54. The van der Waals surface area contributed by atoms with Gasteiger partial charge in [0.2, 0.25) is 0 Å². The first-order valence-corrected chi connectivity index (χ1v) is 7.77. The van der Waals surface area contributed by atoms with E-state index in [2.05, 4.69) is 23.7 Å². The van der Waals surface area contributed by atoms with Crippen molar-refractivity contribution in [2.45, 2.75) is 64.8 Å². The van der Waals surface area contributed by atoms with Crippen molar-refractivity contribution in [1.29, 1.82) is 0 Å². The molecule has 1 fully saturated rings. The van der Waals surface area contributed by atoms with E-state index in [1.807, 2.05) is 0 Å². The first-order chi connectivity index (χ1) is 8.20. The summed E-state index contributed by atoms with van der Waals surface area (Å²) in [6.07, 6.45) is 11.7. The Bertz CT molecular complexity index is 214. The summed E-state index contributed by atoms with van der Waals surface area (Å²) >= 11 is 0. The topological polar surface area (TPSA) is 58.6 Å². The van der Waals surface area contributed by atoms with E-state index < -0.39 is 8.25 Å². The summed E-state index contributed by atoms with van der Waals surface area (Å²) in [5, 5.41) is 3.14. The van der Waals surface area contributed by atoms with Crippen LogP contribution >= 0.6 is 8.25 Å². The highest BCUT2D eigenvalue weighted by Gasteiger charge is 2.10. The second-order valence-electron chi connectivity index (χ2n) is 4.19. The Labute approximate surface area is 105 Å². The van der Waals surface area contributed by atoms with Crippen LogP contribution in [-0.4, -0.2) is 10.9 Å². The summed E-state index contributed by atoms with van der Waals surface area (Å²) in [6, 6.07) is 0.509. The highest BCUT2D eigenvalue weighted by Crippen LogP contribution is 2.17. The van der Waals surface area contributed by atoms with Gasteiger partial charge in [-0.15, -0.1) is 0 Å². The summed E-state index contributed by atoms with van der Waals surface area (Å²) in [4.78, 5) is 8.33. The van der Waals surface area contributed by atoms with Crippen LogP contribution in [0.4, 0.5) is 0 Å². The van der Waals surface area contributed by atoms with E-state index in [0.29, 0.717) is 6.04 Å². The fourth-order valence-corrected chi connectivity index (χ4v) is 1.72. The van der Waals surface area contributed by atoms with Crippen molar-refractivity contribution < 1.29 is 14.0 Å². The van der Waals surface area contributed by atoms with Crippen LogP contribution in [0, 0.1) is 0 Å². The molecule has 1 aliphatic rings. The average Bonchev–Trinajstić information content (AvgIpc) is 2.36. The molecule has 17 heavy (non-hydrogen) atoms. The number of nitrogens with one attached hydrogen (secondary N) is 1. The molecular formula is C12H26NO3P. The zero-order valence-electron chi connectivity index (χ0n) is 10.9. The Kier molecular flexibility index (Phi) is 11.7. The molecule has 0 radical (unpaired) electrons. The lowest BCUT2D eigenvalue weighted by Gasteiger charge is -2.21. The summed E-state index contributed by atoms with van der Waals surface area (Å²) < 4.78 is 14.5. The van der Waals surface area contributed by atoms with Crippen LogP contribution in [0.25, 0.3) is 0 Å². The van der Waals surface area contributed by atoms with Crippen molar-refractivity contribution in [1.82, 2.24) is 5.32 Å². The van der Waals surface area contributed by atoms with Crippen molar-refractivity contribution >= 4 is 8.25 Å². The van der Waals surface area contributed by atoms with Gasteiger partial charge < -0.3 is 14.7 Å². The maximum absolute atomic E-state index is 10.1. The number of rotatable bonds is 5. The van der Waals surface area contributed by atoms with Gasteiger partial charge in [0.15, 0.2) is 0 Å². The minimum Gasteiger partial charge on any atom is -0.433 e. The standard InChI is InChI=1S/C8H16NO3P.C4H10/c10-13(11)12-7-6-9-8-4-2-1-3-5-8;1-3-4-2/h6-9,13H,1-5H2,(H,10,11);3-4H2,1-2H3/b7-6+;. The molecule has 0 bridgehead atoms. The van der Waals surface area contributed by atoms with Crippen molar-refractivity contribution in [2.75, 3.05) is 0 Å². The molecule has 0 heterocycles. The van der Waals surface area contributed by atoms with Crippen LogP contribution in [0.15, 0.2) is 12.5 Å². The van der Waals surface area contributed by atoms with Gasteiger partial charge in [0, 0.05) is 12.2 Å². The van der Waals surface area contributed by atoms with E-state index in [0.717, 1.165) is 0 Å². The molecule has 1 atom stereocenters. The zero-order chi connectivity index (χ0) is 12.9. The fraction of sp³-hybridized carbons (Fsp3) is 0.833. The average molecular weight is 263 g/mol. The maximum Gasteiger partial charge on any atom is 0.364 e. The van der Waals surface area contributed by atoms with E-state index in [4.69, 9.17) is 4.89 Å². The van der Waals surface area contributed by atoms with Crippen molar-refractivity contribution in [3.8, 4) is 0 Å². The number of unbranched alkanes of at least 4 members (excludes halogenated alkanes) is 1. The molecule has 2 N–H and O–H groups in total. The molecule has 0 aromatic heterocycles. The van der Waals surface area contributed by atoms with Gasteiger partial charge >= 0.3 is 8.25 Å². The van der Waals surface area contributed by atoms with E-state index >= 15 is 0 Å². The Hall–Kier alpha value is -0.470. The van der Waals surface area contributed by atoms with Crippen LogP contribution in [0.3, 0.4) is 0 Å². The smallest absolute Gasteiger partial charge is 0.364 e. The van der Waals surface area contributed by atoms with E-state index in [1.165, 1.54) is 51.2 Å². The van der Waals surface area contributed by atoms with Gasteiger partial charge in [0.05, 0.1) is 0 Å². The summed E-state index contributed by atoms with van der Waals surface area (Å²) in [5.41, 5.74) is 0. The lowest BCUT2D eigenvalue weighted by molar-refractivity contribution is 0.370. The molecular weight excluding hydrogens is 237 g/mol. The lowest BCUT2D eigenvalue weighted by Crippen LogP contribution is -2.26. The minimum absolute atomic E-state index is 0.509. The third-order valence-corrected chi connectivity index (χ3v) is 3.01. The Morgan fingerprint density at radius 3 is 2.35 bits per heavy atom.